The van der Waals surface area contributed by atoms with Gasteiger partial charge in [-0.25, -0.2) is 14.6 Å². The molecule has 0 unspecified atom stereocenters. The first-order valence-corrected chi connectivity index (χ1v) is 6.34. The summed E-state index contributed by atoms with van der Waals surface area (Å²) in [4.78, 5) is 26.3. The van der Waals surface area contributed by atoms with Crippen molar-refractivity contribution in [2.45, 2.75) is 57.4 Å². The van der Waals surface area contributed by atoms with Gasteiger partial charge in [0.15, 0.2) is 0 Å². The Morgan fingerprint density at radius 1 is 1.43 bits per heavy atom. The van der Waals surface area contributed by atoms with Gasteiger partial charge in [-0.3, -0.25) is 4.90 Å². The summed E-state index contributed by atoms with van der Waals surface area (Å²) in [7, 11) is 0. The quantitative estimate of drug-likeness (QED) is 0.484. The number of nitrogens with zero attached hydrogens (tertiary/aromatic N) is 2. The normalized spacial score (nSPS) is 23.0. The van der Waals surface area contributed by atoms with E-state index in [0.717, 1.165) is 11.0 Å². The predicted molar refractivity (Wildman–Crippen MR) is 68.7 cm³/mol. The second-order valence-electron chi connectivity index (χ2n) is 5.85. The summed E-state index contributed by atoms with van der Waals surface area (Å²) in [6.07, 6.45) is -4.21. The summed E-state index contributed by atoms with van der Waals surface area (Å²) < 4.78 is 38.2. The molecule has 1 rings (SSSR count). The van der Waals surface area contributed by atoms with Gasteiger partial charge in [-0.2, -0.15) is 13.2 Å². The second-order valence-corrected chi connectivity index (χ2v) is 5.85. The van der Waals surface area contributed by atoms with Gasteiger partial charge < -0.3 is 5.11 Å². The number of carbonyl (C=O) groups excluding carboxylic acids is 1. The summed E-state index contributed by atoms with van der Waals surface area (Å²) in [5.74, 6) is 0. The van der Waals surface area contributed by atoms with Crippen LogP contribution in [0.1, 0.15) is 33.6 Å². The molecule has 0 aliphatic heterocycles. The van der Waals surface area contributed by atoms with Crippen LogP contribution in [0.4, 0.5) is 18.0 Å². The molecule has 21 heavy (non-hydrogen) atoms. The molecule has 0 saturated heterocycles. The Labute approximate surface area is 120 Å². The number of carbonyl (C=O) groups is 1. The Morgan fingerprint density at radius 2 is 2.00 bits per heavy atom. The minimum absolute atomic E-state index is 0.145. The molecule has 0 fully saturated rings. The summed E-state index contributed by atoms with van der Waals surface area (Å²) in [6.45, 7) is 4.89. The van der Waals surface area contributed by atoms with Crippen LogP contribution in [-0.2, 0) is 4.79 Å². The van der Waals surface area contributed by atoms with E-state index in [4.69, 9.17) is 0 Å². The smallest absolute Gasteiger partial charge is 0.412 e. The number of isocyanates is 1. The molecule has 0 aromatic rings. The highest BCUT2D eigenvalue weighted by molar-refractivity contribution is 5.67. The van der Waals surface area contributed by atoms with E-state index in [-0.39, 0.29) is 6.42 Å². The van der Waals surface area contributed by atoms with Gasteiger partial charge in [0.1, 0.15) is 0 Å². The van der Waals surface area contributed by atoms with E-state index in [2.05, 4.69) is 4.99 Å². The minimum Gasteiger partial charge on any atom is -0.465 e. The lowest BCUT2D eigenvalue weighted by molar-refractivity contribution is -0.0967. The standard InChI is InChI=1S/C13H17F3N2O3/c1-12(2,3)18(11(20)21)10-5-4-8(13(14,15)16)6-9(10)17-7-19/h4,9-10H,5-6H2,1-3H3,(H,20,21)/t9-,10-/m0/s1. The molecule has 0 spiro atoms. The van der Waals surface area contributed by atoms with Crippen LogP contribution in [0, 0.1) is 0 Å². The number of hydrogen-bond acceptors (Lipinski definition) is 3. The second kappa shape index (κ2) is 5.89. The van der Waals surface area contributed by atoms with Crippen LogP contribution in [0.25, 0.3) is 0 Å². The molecule has 0 heterocycles. The van der Waals surface area contributed by atoms with Crippen molar-refractivity contribution in [2.24, 2.45) is 4.99 Å². The number of carboxylic acid groups (broad SMARTS) is 1. The van der Waals surface area contributed by atoms with Gasteiger partial charge in [-0.1, -0.05) is 6.08 Å². The van der Waals surface area contributed by atoms with Crippen LogP contribution in [0.2, 0.25) is 0 Å². The molecule has 0 aromatic carbocycles. The Kier molecular flexibility index (Phi) is 4.83. The molecule has 1 aliphatic rings. The average molecular weight is 306 g/mol. The summed E-state index contributed by atoms with van der Waals surface area (Å²) in [5, 5.41) is 9.32. The summed E-state index contributed by atoms with van der Waals surface area (Å²) in [5.41, 5.74) is -1.61. The first-order valence-electron chi connectivity index (χ1n) is 6.34. The Bertz CT molecular complexity index is 488. The average Bonchev–Trinajstić information content (AvgIpc) is 2.27. The Balaban J connectivity index is 3.19. The van der Waals surface area contributed by atoms with Crippen molar-refractivity contribution in [2.75, 3.05) is 0 Å². The number of aliphatic imine (C=N–C) groups is 1. The third-order valence-corrected chi connectivity index (χ3v) is 3.32. The topological polar surface area (TPSA) is 70.0 Å². The maximum absolute atomic E-state index is 12.7. The number of rotatable bonds is 2. The lowest BCUT2D eigenvalue weighted by Gasteiger charge is -2.43. The molecular weight excluding hydrogens is 289 g/mol. The van der Waals surface area contributed by atoms with Gasteiger partial charge in [-0.05, 0) is 27.2 Å². The van der Waals surface area contributed by atoms with Crippen molar-refractivity contribution < 1.29 is 27.9 Å². The molecule has 1 amide bonds. The fraction of sp³-hybridized carbons (Fsp3) is 0.692. The van der Waals surface area contributed by atoms with Crippen LogP contribution in [0.5, 0.6) is 0 Å². The molecule has 0 radical (unpaired) electrons. The zero-order chi connectivity index (χ0) is 16.4. The van der Waals surface area contributed by atoms with Crippen LogP contribution in [-0.4, -0.2) is 46.0 Å². The van der Waals surface area contributed by atoms with Crippen LogP contribution in [0.3, 0.4) is 0 Å². The van der Waals surface area contributed by atoms with Crippen LogP contribution in [0.15, 0.2) is 16.6 Å². The molecule has 0 bridgehead atoms. The molecule has 5 nitrogen and oxygen atoms in total. The van der Waals surface area contributed by atoms with Crippen molar-refractivity contribution in [3.63, 3.8) is 0 Å². The molecule has 118 valence electrons. The first kappa shape index (κ1) is 17.2. The number of halogens is 3. The minimum atomic E-state index is -4.50. The highest BCUT2D eigenvalue weighted by atomic mass is 19.4. The lowest BCUT2D eigenvalue weighted by atomic mass is 9.87. The van der Waals surface area contributed by atoms with Crippen molar-refractivity contribution in [3.05, 3.63) is 11.6 Å². The van der Waals surface area contributed by atoms with E-state index in [0.29, 0.717) is 0 Å². The zero-order valence-corrected chi connectivity index (χ0v) is 11.9. The van der Waals surface area contributed by atoms with Crippen molar-refractivity contribution >= 4 is 12.2 Å². The highest BCUT2D eigenvalue weighted by Crippen LogP contribution is 2.37. The molecule has 0 saturated carbocycles. The number of hydrogen-bond donors (Lipinski definition) is 1. The van der Waals surface area contributed by atoms with Gasteiger partial charge in [-0.15, -0.1) is 0 Å². The maximum Gasteiger partial charge on any atom is 0.412 e. The monoisotopic (exact) mass is 306 g/mol. The highest BCUT2D eigenvalue weighted by Gasteiger charge is 2.44. The van der Waals surface area contributed by atoms with E-state index in [1.165, 1.54) is 6.08 Å². The van der Waals surface area contributed by atoms with Crippen molar-refractivity contribution in [3.8, 4) is 0 Å². The zero-order valence-electron chi connectivity index (χ0n) is 11.9. The van der Waals surface area contributed by atoms with Crippen molar-refractivity contribution in [1.29, 1.82) is 0 Å². The summed E-state index contributed by atoms with van der Waals surface area (Å²) >= 11 is 0. The molecule has 2 atom stereocenters. The number of alkyl halides is 3. The molecule has 0 aromatic heterocycles. The van der Waals surface area contributed by atoms with E-state index < -0.39 is 41.9 Å². The van der Waals surface area contributed by atoms with Crippen LogP contribution < -0.4 is 0 Å². The lowest BCUT2D eigenvalue weighted by Crippen LogP contribution is -2.56. The van der Waals surface area contributed by atoms with E-state index in [9.17, 15) is 27.9 Å². The fourth-order valence-corrected chi connectivity index (χ4v) is 2.50. The predicted octanol–water partition coefficient (Wildman–Crippen LogP) is 3.12. The van der Waals surface area contributed by atoms with Gasteiger partial charge in [0.05, 0.1) is 12.1 Å². The SMILES string of the molecule is CC(C)(C)N(C(=O)O)[C@H]1CC=C(C(F)(F)F)C[C@@H]1N=C=O. The van der Waals surface area contributed by atoms with Gasteiger partial charge in [0, 0.05) is 17.5 Å². The van der Waals surface area contributed by atoms with E-state index in [1.54, 1.807) is 20.8 Å². The van der Waals surface area contributed by atoms with E-state index >= 15 is 0 Å². The molecule has 1 N–H and O–H groups in total. The number of amides is 1. The fourth-order valence-electron chi connectivity index (χ4n) is 2.50. The molecule has 1 aliphatic carbocycles. The summed E-state index contributed by atoms with van der Waals surface area (Å²) in [6, 6.07) is -1.91. The largest absolute Gasteiger partial charge is 0.465 e. The third-order valence-electron chi connectivity index (χ3n) is 3.32. The maximum atomic E-state index is 12.7. The van der Waals surface area contributed by atoms with E-state index in [1.807, 2.05) is 0 Å². The van der Waals surface area contributed by atoms with Crippen molar-refractivity contribution in [1.82, 2.24) is 4.90 Å². The van der Waals surface area contributed by atoms with Gasteiger partial charge in [0.2, 0.25) is 6.08 Å². The van der Waals surface area contributed by atoms with Gasteiger partial charge >= 0.3 is 12.3 Å². The molecule has 8 heteroatoms. The first-order chi connectivity index (χ1) is 9.48. The molecular formula is C13H17F3N2O3. The Hall–Kier alpha value is -1.82. The van der Waals surface area contributed by atoms with Gasteiger partial charge in [0.25, 0.3) is 0 Å². The third kappa shape index (κ3) is 4.07. The van der Waals surface area contributed by atoms with Crippen LogP contribution >= 0.6 is 0 Å². The Morgan fingerprint density at radius 3 is 2.38 bits per heavy atom.